The fourth-order valence-electron chi connectivity index (χ4n) is 1.88. The Bertz CT molecular complexity index is 590. The van der Waals surface area contributed by atoms with Crippen LogP contribution < -0.4 is 5.32 Å². The fraction of sp³-hybridized carbons (Fsp3) is 0.467. The third-order valence-corrected chi connectivity index (χ3v) is 2.91. The van der Waals surface area contributed by atoms with E-state index in [0.717, 1.165) is 17.6 Å². The van der Waals surface area contributed by atoms with Crippen LogP contribution in [0, 0.1) is 6.92 Å². The lowest BCUT2D eigenvalue weighted by Gasteiger charge is -2.07. The number of amides is 1. The first-order chi connectivity index (χ1) is 9.56. The normalized spacial score (nSPS) is 11.2. The maximum absolute atomic E-state index is 12.0. The number of aryl methyl sites for hydroxylation is 1. The highest BCUT2D eigenvalue weighted by atomic mass is 16.5. The number of pyridine rings is 1. The van der Waals surface area contributed by atoms with E-state index in [1.807, 2.05) is 43.5 Å². The minimum absolute atomic E-state index is 0.143. The number of fused-ring (bicyclic) bond motifs is 1. The number of aromatic nitrogens is 2. The van der Waals surface area contributed by atoms with E-state index in [1.54, 1.807) is 6.20 Å². The Morgan fingerprint density at radius 2 is 2.30 bits per heavy atom. The molecule has 1 amide bonds. The van der Waals surface area contributed by atoms with E-state index in [1.165, 1.54) is 0 Å². The molecule has 0 saturated carbocycles. The Hall–Kier alpha value is -1.88. The monoisotopic (exact) mass is 275 g/mol. The molecule has 2 heterocycles. The predicted molar refractivity (Wildman–Crippen MR) is 78.0 cm³/mol. The minimum atomic E-state index is -0.143. The molecule has 5 nitrogen and oxygen atoms in total. The van der Waals surface area contributed by atoms with E-state index in [2.05, 4.69) is 10.3 Å². The highest BCUT2D eigenvalue weighted by molar-refractivity contribution is 5.92. The van der Waals surface area contributed by atoms with Gasteiger partial charge in [0, 0.05) is 25.5 Å². The summed E-state index contributed by atoms with van der Waals surface area (Å²) in [6.45, 7) is 7.25. The van der Waals surface area contributed by atoms with Gasteiger partial charge in [-0.3, -0.25) is 4.79 Å². The van der Waals surface area contributed by atoms with Crippen LogP contribution in [0.1, 0.15) is 36.3 Å². The molecule has 5 heteroatoms. The van der Waals surface area contributed by atoms with Crippen LogP contribution in [0.2, 0.25) is 0 Å². The number of ether oxygens (including phenoxy) is 1. The summed E-state index contributed by atoms with van der Waals surface area (Å²) in [4.78, 5) is 16.3. The Balaban J connectivity index is 1.88. The largest absolute Gasteiger partial charge is 0.379 e. The van der Waals surface area contributed by atoms with Crippen molar-refractivity contribution in [2.24, 2.45) is 0 Å². The van der Waals surface area contributed by atoms with Gasteiger partial charge in [0.2, 0.25) is 0 Å². The van der Waals surface area contributed by atoms with Gasteiger partial charge in [0.25, 0.3) is 5.91 Å². The molecular weight excluding hydrogens is 254 g/mol. The first-order valence-corrected chi connectivity index (χ1v) is 6.91. The van der Waals surface area contributed by atoms with Crippen LogP contribution >= 0.6 is 0 Å². The molecule has 0 radical (unpaired) electrons. The predicted octanol–water partition coefficient (Wildman–Crippen LogP) is 2.19. The van der Waals surface area contributed by atoms with E-state index in [4.69, 9.17) is 4.74 Å². The van der Waals surface area contributed by atoms with Crippen LogP contribution in [-0.4, -0.2) is 34.5 Å². The van der Waals surface area contributed by atoms with Crippen LogP contribution in [-0.2, 0) is 4.74 Å². The van der Waals surface area contributed by atoms with Gasteiger partial charge in [0.1, 0.15) is 11.3 Å². The van der Waals surface area contributed by atoms with Gasteiger partial charge in [0.15, 0.2) is 0 Å². The maximum Gasteiger partial charge on any atom is 0.271 e. The second kappa shape index (κ2) is 6.52. The zero-order valence-corrected chi connectivity index (χ0v) is 12.2. The number of nitrogens with one attached hydrogen (secondary N) is 1. The second-order valence-electron chi connectivity index (χ2n) is 5.12. The lowest BCUT2D eigenvalue weighted by atomic mass is 10.3. The summed E-state index contributed by atoms with van der Waals surface area (Å²) in [5.74, 6) is -0.143. The van der Waals surface area contributed by atoms with Gasteiger partial charge in [-0.05, 0) is 44.9 Å². The van der Waals surface area contributed by atoms with Crippen molar-refractivity contribution in [3.05, 3.63) is 35.8 Å². The van der Waals surface area contributed by atoms with Crippen molar-refractivity contribution in [3.63, 3.8) is 0 Å². The van der Waals surface area contributed by atoms with E-state index in [0.29, 0.717) is 18.8 Å². The van der Waals surface area contributed by atoms with Crippen LogP contribution in [0.3, 0.4) is 0 Å². The van der Waals surface area contributed by atoms with Gasteiger partial charge in [-0.25, -0.2) is 4.98 Å². The minimum Gasteiger partial charge on any atom is -0.379 e. The maximum atomic E-state index is 12.0. The molecule has 0 bridgehead atoms. The molecule has 20 heavy (non-hydrogen) atoms. The quantitative estimate of drug-likeness (QED) is 0.822. The van der Waals surface area contributed by atoms with E-state index >= 15 is 0 Å². The SMILES string of the molecule is Cc1ccn2cc(C(=O)NCCCOC(C)C)nc2c1. The first kappa shape index (κ1) is 14.5. The molecule has 0 aliphatic heterocycles. The zero-order valence-electron chi connectivity index (χ0n) is 12.2. The molecule has 1 N–H and O–H groups in total. The molecule has 0 atom stereocenters. The molecule has 2 aromatic heterocycles. The summed E-state index contributed by atoms with van der Waals surface area (Å²) < 4.78 is 7.27. The molecule has 0 saturated heterocycles. The molecule has 2 rings (SSSR count). The molecule has 0 spiro atoms. The van der Waals surface area contributed by atoms with Crippen LogP contribution in [0.25, 0.3) is 5.65 Å². The zero-order chi connectivity index (χ0) is 14.5. The summed E-state index contributed by atoms with van der Waals surface area (Å²) in [6.07, 6.45) is 4.68. The molecule has 0 aliphatic rings. The summed E-state index contributed by atoms with van der Waals surface area (Å²) in [5, 5.41) is 2.85. The summed E-state index contributed by atoms with van der Waals surface area (Å²) in [5.41, 5.74) is 2.36. The van der Waals surface area contributed by atoms with Gasteiger partial charge >= 0.3 is 0 Å². The standard InChI is InChI=1S/C15H21N3O2/c1-11(2)20-8-4-6-16-15(19)13-10-18-7-5-12(3)9-14(18)17-13/h5,7,9-11H,4,6,8H2,1-3H3,(H,16,19). The molecule has 0 unspecified atom stereocenters. The number of hydrogen-bond acceptors (Lipinski definition) is 3. The molecule has 0 aromatic carbocycles. The van der Waals surface area contributed by atoms with Crippen molar-refractivity contribution >= 4 is 11.6 Å². The third kappa shape index (κ3) is 3.81. The van der Waals surface area contributed by atoms with Crippen LogP contribution in [0.15, 0.2) is 24.5 Å². The highest BCUT2D eigenvalue weighted by Gasteiger charge is 2.09. The average Bonchev–Trinajstić information content (AvgIpc) is 2.80. The number of hydrogen-bond donors (Lipinski definition) is 1. The second-order valence-corrected chi connectivity index (χ2v) is 5.12. The first-order valence-electron chi connectivity index (χ1n) is 6.91. The smallest absolute Gasteiger partial charge is 0.271 e. The highest BCUT2D eigenvalue weighted by Crippen LogP contribution is 2.07. The van der Waals surface area contributed by atoms with E-state index in [9.17, 15) is 4.79 Å². The van der Waals surface area contributed by atoms with Gasteiger partial charge in [-0.2, -0.15) is 0 Å². The van der Waals surface area contributed by atoms with Crippen molar-refractivity contribution < 1.29 is 9.53 Å². The van der Waals surface area contributed by atoms with Crippen LogP contribution in [0.5, 0.6) is 0 Å². The molecule has 2 aromatic rings. The van der Waals surface area contributed by atoms with Crippen molar-refractivity contribution in [2.45, 2.75) is 33.3 Å². The number of rotatable bonds is 6. The number of carbonyl (C=O) groups excluding carboxylic acids is 1. The van der Waals surface area contributed by atoms with Crippen LogP contribution in [0.4, 0.5) is 0 Å². The molecule has 108 valence electrons. The van der Waals surface area contributed by atoms with Crippen molar-refractivity contribution in [2.75, 3.05) is 13.2 Å². The lowest BCUT2D eigenvalue weighted by Crippen LogP contribution is -2.25. The number of nitrogens with zero attached hydrogens (tertiary/aromatic N) is 2. The Kier molecular flexibility index (Phi) is 4.74. The Morgan fingerprint density at radius 3 is 3.05 bits per heavy atom. The van der Waals surface area contributed by atoms with E-state index < -0.39 is 0 Å². The average molecular weight is 275 g/mol. The van der Waals surface area contributed by atoms with E-state index in [-0.39, 0.29) is 12.0 Å². The van der Waals surface area contributed by atoms with Gasteiger partial charge in [-0.15, -0.1) is 0 Å². The third-order valence-electron chi connectivity index (χ3n) is 2.91. The molecule has 0 aliphatic carbocycles. The topological polar surface area (TPSA) is 55.6 Å². The van der Waals surface area contributed by atoms with Crippen molar-refractivity contribution in [1.29, 1.82) is 0 Å². The number of carbonyl (C=O) groups is 1. The number of imidazole rings is 1. The van der Waals surface area contributed by atoms with Gasteiger partial charge < -0.3 is 14.5 Å². The fourth-order valence-corrected chi connectivity index (χ4v) is 1.88. The Labute approximate surface area is 119 Å². The van der Waals surface area contributed by atoms with Gasteiger partial charge in [-0.1, -0.05) is 0 Å². The summed E-state index contributed by atoms with van der Waals surface area (Å²) in [7, 11) is 0. The Morgan fingerprint density at radius 1 is 1.50 bits per heavy atom. The molecule has 0 fully saturated rings. The molecular formula is C15H21N3O2. The van der Waals surface area contributed by atoms with Crippen molar-refractivity contribution in [1.82, 2.24) is 14.7 Å². The van der Waals surface area contributed by atoms with Crippen molar-refractivity contribution in [3.8, 4) is 0 Å². The lowest BCUT2D eigenvalue weighted by molar-refractivity contribution is 0.0756. The van der Waals surface area contributed by atoms with Gasteiger partial charge in [0.05, 0.1) is 6.10 Å². The summed E-state index contributed by atoms with van der Waals surface area (Å²) >= 11 is 0. The summed E-state index contributed by atoms with van der Waals surface area (Å²) in [6, 6.07) is 3.94.